The minimum atomic E-state index is -0.512. The molecule has 0 radical (unpaired) electrons. The number of carbonyl (C=O) groups excluding carboxylic acids is 2. The summed E-state index contributed by atoms with van der Waals surface area (Å²) in [4.78, 5) is 24.6. The molecule has 1 heterocycles. The van der Waals surface area contributed by atoms with Gasteiger partial charge in [-0.2, -0.15) is 9.90 Å². The Morgan fingerprint density at radius 3 is 2.42 bits per heavy atom. The quantitative estimate of drug-likeness (QED) is 0.249. The molecule has 0 bridgehead atoms. The Labute approximate surface area is 177 Å². The van der Waals surface area contributed by atoms with Crippen LogP contribution >= 0.6 is 0 Å². The summed E-state index contributed by atoms with van der Waals surface area (Å²) in [6.07, 6.45) is 1.39. The van der Waals surface area contributed by atoms with Crippen LogP contribution in [0.5, 0.6) is 17.2 Å². The molecule has 2 aromatic carbocycles. The maximum absolute atomic E-state index is 12.1. The average Bonchev–Trinajstić information content (AvgIpc) is 3.23. The number of nitrogens with zero attached hydrogens (tertiary/aromatic N) is 5. The number of esters is 1. The van der Waals surface area contributed by atoms with Crippen LogP contribution < -0.4 is 19.6 Å². The van der Waals surface area contributed by atoms with E-state index in [0.29, 0.717) is 11.4 Å². The fourth-order valence-electron chi connectivity index (χ4n) is 2.57. The van der Waals surface area contributed by atoms with Gasteiger partial charge in [-0.1, -0.05) is 30.3 Å². The van der Waals surface area contributed by atoms with Crippen LogP contribution in [-0.2, 0) is 16.1 Å². The average molecular weight is 424 g/mol. The molecule has 1 N–H and O–H groups in total. The Kier molecular flexibility index (Phi) is 6.89. The Morgan fingerprint density at radius 1 is 1.13 bits per heavy atom. The molecule has 1 aromatic heterocycles. The number of nitrogens with one attached hydrogen (secondary N) is 1. The van der Waals surface area contributed by atoms with Crippen LogP contribution in [-0.4, -0.2) is 52.5 Å². The van der Waals surface area contributed by atoms with E-state index in [1.54, 1.807) is 12.1 Å². The van der Waals surface area contributed by atoms with Gasteiger partial charge in [-0.15, -0.1) is 10.2 Å². The van der Waals surface area contributed by atoms with Gasteiger partial charge in [0.1, 0.15) is 6.54 Å². The van der Waals surface area contributed by atoms with Crippen LogP contribution in [0.15, 0.2) is 47.6 Å². The smallest absolute Gasteiger partial charge is 0.308 e. The first-order chi connectivity index (χ1) is 15.0. The molecule has 0 atom stereocenters. The molecule has 0 saturated carbocycles. The summed E-state index contributed by atoms with van der Waals surface area (Å²) in [5, 5.41) is 15.9. The molecule has 0 spiro atoms. The van der Waals surface area contributed by atoms with E-state index in [2.05, 4.69) is 25.9 Å². The van der Waals surface area contributed by atoms with Crippen LogP contribution in [0.4, 0.5) is 0 Å². The summed E-state index contributed by atoms with van der Waals surface area (Å²) in [5.41, 5.74) is 3.73. The van der Waals surface area contributed by atoms with Crippen molar-refractivity contribution in [2.24, 2.45) is 5.10 Å². The maximum atomic E-state index is 12.1. The third kappa shape index (κ3) is 5.63. The van der Waals surface area contributed by atoms with Crippen molar-refractivity contribution in [1.82, 2.24) is 25.6 Å². The van der Waals surface area contributed by atoms with Crippen molar-refractivity contribution < 1.29 is 23.8 Å². The summed E-state index contributed by atoms with van der Waals surface area (Å²) >= 11 is 0. The van der Waals surface area contributed by atoms with E-state index >= 15 is 0 Å². The van der Waals surface area contributed by atoms with Gasteiger partial charge in [-0.05, 0) is 17.3 Å². The van der Waals surface area contributed by atoms with Crippen molar-refractivity contribution in [2.75, 3.05) is 14.2 Å². The molecule has 0 aliphatic carbocycles. The number of aromatic nitrogens is 4. The predicted octanol–water partition coefficient (Wildman–Crippen LogP) is 1.43. The SMILES string of the molecule is COc1cc(/C=N\NC(=O)Cn2nnc(-c3ccccc3)n2)cc(OC)c1OC(C)=O. The molecular formula is C20H20N6O5. The topological polar surface area (TPSA) is 130 Å². The number of tetrazole rings is 1. The number of carbonyl (C=O) groups is 2. The lowest BCUT2D eigenvalue weighted by Crippen LogP contribution is -2.24. The maximum Gasteiger partial charge on any atom is 0.308 e. The zero-order valence-electron chi connectivity index (χ0n) is 17.1. The number of amides is 1. The number of hydrogen-bond acceptors (Lipinski definition) is 9. The van der Waals surface area contributed by atoms with Gasteiger partial charge < -0.3 is 14.2 Å². The van der Waals surface area contributed by atoms with Gasteiger partial charge in [0.05, 0.1) is 20.4 Å². The summed E-state index contributed by atoms with van der Waals surface area (Å²) in [7, 11) is 2.86. The van der Waals surface area contributed by atoms with E-state index in [1.165, 1.54) is 32.2 Å². The fraction of sp³-hybridized carbons (Fsp3) is 0.200. The van der Waals surface area contributed by atoms with Gasteiger partial charge in [-0.3, -0.25) is 9.59 Å². The normalized spacial score (nSPS) is 10.7. The fourth-order valence-corrected chi connectivity index (χ4v) is 2.57. The predicted molar refractivity (Wildman–Crippen MR) is 110 cm³/mol. The van der Waals surface area contributed by atoms with Crippen LogP contribution in [0, 0.1) is 0 Å². The van der Waals surface area contributed by atoms with Crippen LogP contribution in [0.2, 0.25) is 0 Å². The monoisotopic (exact) mass is 424 g/mol. The van der Waals surface area contributed by atoms with Crippen LogP contribution in [0.1, 0.15) is 12.5 Å². The Bertz CT molecular complexity index is 1070. The number of benzene rings is 2. The third-order valence-electron chi connectivity index (χ3n) is 3.90. The summed E-state index contributed by atoms with van der Waals surface area (Å²) in [6.45, 7) is 1.12. The first kappa shape index (κ1) is 21.4. The van der Waals surface area contributed by atoms with Gasteiger partial charge in [0.2, 0.25) is 11.6 Å². The van der Waals surface area contributed by atoms with E-state index in [0.717, 1.165) is 5.56 Å². The van der Waals surface area contributed by atoms with Crippen molar-refractivity contribution in [3.8, 4) is 28.6 Å². The molecule has 11 nitrogen and oxygen atoms in total. The Morgan fingerprint density at radius 2 is 1.81 bits per heavy atom. The molecular weight excluding hydrogens is 404 g/mol. The second-order valence-electron chi connectivity index (χ2n) is 6.15. The Balaban J connectivity index is 1.64. The standard InChI is InChI=1S/C20H20N6O5/c1-13(27)31-19-16(29-2)9-14(10-17(19)30-3)11-21-22-18(28)12-26-24-20(23-25-26)15-7-5-4-6-8-15/h4-11H,12H2,1-3H3,(H,22,28)/b21-11-. The first-order valence-corrected chi connectivity index (χ1v) is 9.09. The molecule has 3 rings (SSSR count). The van der Waals surface area contributed by atoms with Crippen molar-refractivity contribution in [1.29, 1.82) is 0 Å². The van der Waals surface area contributed by atoms with Crippen molar-refractivity contribution >= 4 is 18.1 Å². The highest BCUT2D eigenvalue weighted by molar-refractivity contribution is 5.85. The third-order valence-corrected chi connectivity index (χ3v) is 3.90. The van der Waals surface area contributed by atoms with E-state index in [-0.39, 0.29) is 23.8 Å². The van der Waals surface area contributed by atoms with E-state index in [9.17, 15) is 9.59 Å². The molecule has 0 aliphatic heterocycles. The lowest BCUT2D eigenvalue weighted by Gasteiger charge is -2.13. The van der Waals surface area contributed by atoms with Gasteiger partial charge in [-0.25, -0.2) is 5.43 Å². The molecule has 0 aliphatic rings. The highest BCUT2D eigenvalue weighted by atomic mass is 16.6. The van der Waals surface area contributed by atoms with Crippen LogP contribution in [0.25, 0.3) is 11.4 Å². The van der Waals surface area contributed by atoms with Gasteiger partial charge in [0, 0.05) is 18.1 Å². The van der Waals surface area contributed by atoms with Gasteiger partial charge in [0.15, 0.2) is 11.5 Å². The summed E-state index contributed by atoms with van der Waals surface area (Å²) in [6, 6.07) is 12.5. The number of methoxy groups -OCH3 is 2. The van der Waals surface area contributed by atoms with Gasteiger partial charge >= 0.3 is 5.97 Å². The molecule has 0 fully saturated rings. The number of hydrogen-bond donors (Lipinski definition) is 1. The minimum absolute atomic E-state index is 0.158. The zero-order valence-corrected chi connectivity index (χ0v) is 17.1. The van der Waals surface area contributed by atoms with E-state index < -0.39 is 11.9 Å². The summed E-state index contributed by atoms with van der Waals surface area (Å²) < 4.78 is 15.6. The van der Waals surface area contributed by atoms with Gasteiger partial charge in [0.25, 0.3) is 5.91 Å². The molecule has 31 heavy (non-hydrogen) atoms. The van der Waals surface area contributed by atoms with E-state index in [1.807, 2.05) is 30.3 Å². The van der Waals surface area contributed by atoms with Crippen LogP contribution in [0.3, 0.4) is 0 Å². The molecule has 0 saturated heterocycles. The molecule has 160 valence electrons. The lowest BCUT2D eigenvalue weighted by atomic mass is 10.2. The van der Waals surface area contributed by atoms with Crippen molar-refractivity contribution in [3.05, 3.63) is 48.0 Å². The molecule has 0 unspecified atom stereocenters. The minimum Gasteiger partial charge on any atom is -0.493 e. The highest BCUT2D eigenvalue weighted by Gasteiger charge is 2.15. The van der Waals surface area contributed by atoms with Crippen molar-refractivity contribution in [3.63, 3.8) is 0 Å². The second-order valence-corrected chi connectivity index (χ2v) is 6.15. The second kappa shape index (κ2) is 9.96. The zero-order chi connectivity index (χ0) is 22.2. The molecule has 3 aromatic rings. The largest absolute Gasteiger partial charge is 0.493 e. The van der Waals surface area contributed by atoms with E-state index in [4.69, 9.17) is 14.2 Å². The first-order valence-electron chi connectivity index (χ1n) is 9.09. The highest BCUT2D eigenvalue weighted by Crippen LogP contribution is 2.38. The Hall–Kier alpha value is -4.28. The summed E-state index contributed by atoms with van der Waals surface area (Å²) in [5.74, 6) is 0.186. The van der Waals surface area contributed by atoms with Crippen molar-refractivity contribution in [2.45, 2.75) is 13.5 Å². The lowest BCUT2D eigenvalue weighted by molar-refractivity contribution is -0.132. The number of ether oxygens (including phenoxy) is 3. The number of rotatable bonds is 8. The molecule has 11 heteroatoms. The number of hydrazone groups is 1. The molecule has 1 amide bonds.